The number of aromatic nitrogens is 3. The first-order valence-corrected chi connectivity index (χ1v) is 9.38. The molecule has 0 amide bonds. The molecule has 0 aliphatic heterocycles. The van der Waals surface area contributed by atoms with Crippen molar-refractivity contribution in [3.8, 4) is 0 Å². The van der Waals surface area contributed by atoms with Crippen molar-refractivity contribution in [2.24, 2.45) is 10.7 Å². The van der Waals surface area contributed by atoms with Crippen LogP contribution in [0.3, 0.4) is 0 Å². The lowest BCUT2D eigenvalue weighted by atomic mass is 10.2. The van der Waals surface area contributed by atoms with Crippen LogP contribution in [0, 0.1) is 11.6 Å². The number of benzene rings is 1. The zero-order valence-corrected chi connectivity index (χ0v) is 16.8. The minimum atomic E-state index is -1.18. The normalized spacial score (nSPS) is 13.4. The van der Waals surface area contributed by atoms with Gasteiger partial charge in [-0.3, -0.25) is 4.99 Å². The number of aliphatic imine (C=N–C) groups is 1. The van der Waals surface area contributed by atoms with Crippen LogP contribution in [-0.4, -0.2) is 38.8 Å². The van der Waals surface area contributed by atoms with Crippen molar-refractivity contribution in [3.63, 3.8) is 0 Å². The number of rotatable bonds is 9. The molecule has 0 fully saturated rings. The number of nitrogens with two attached hydrogens (primary N) is 1. The third-order valence-electron chi connectivity index (χ3n) is 4.27. The Morgan fingerprint density at radius 1 is 1.25 bits per heavy atom. The number of hydrogen-bond donors (Lipinski definition) is 2. The van der Waals surface area contributed by atoms with Crippen LogP contribution in [-0.2, 0) is 6.54 Å². The smallest absolute Gasteiger partial charge is 0.183 e. The van der Waals surface area contributed by atoms with E-state index in [4.69, 9.17) is 10.3 Å². The molecule has 0 saturated heterocycles. The fourth-order valence-corrected chi connectivity index (χ4v) is 2.50. The molecule has 0 radical (unpaired) electrons. The highest BCUT2D eigenvalue weighted by atomic mass is 19.4. The molecule has 168 valence electrons. The van der Waals surface area contributed by atoms with Crippen molar-refractivity contribution in [3.05, 3.63) is 77.6 Å². The highest BCUT2D eigenvalue weighted by Crippen LogP contribution is 2.15. The standard InChI is InChI=1S/C20H19F4N7O/c1-12(31(23)24)9-27-19-15(22)11-28-20(29-19)16(25)8-18(17-6-7-32-30-17)26-10-13-4-2-3-5-14(13)21/h2-8,11-12H,9-10,25H2,1H3,(H,27,28,29). The van der Waals surface area contributed by atoms with Gasteiger partial charge in [0, 0.05) is 23.5 Å². The van der Waals surface area contributed by atoms with Crippen LogP contribution in [0.5, 0.6) is 0 Å². The Hall–Kier alpha value is -3.80. The van der Waals surface area contributed by atoms with Crippen LogP contribution in [0.2, 0.25) is 0 Å². The molecule has 3 rings (SSSR count). The van der Waals surface area contributed by atoms with Gasteiger partial charge in [-0.05, 0) is 19.1 Å². The summed E-state index contributed by atoms with van der Waals surface area (Å²) in [5.41, 5.74) is 6.99. The lowest BCUT2D eigenvalue weighted by Gasteiger charge is -2.13. The molecule has 0 aliphatic rings. The fraction of sp³-hybridized carbons (Fsp3) is 0.200. The highest BCUT2D eigenvalue weighted by Gasteiger charge is 2.15. The monoisotopic (exact) mass is 449 g/mol. The van der Waals surface area contributed by atoms with Crippen LogP contribution in [0.1, 0.15) is 24.0 Å². The Bertz CT molecular complexity index is 1100. The molecule has 8 nitrogen and oxygen atoms in total. The van der Waals surface area contributed by atoms with Crippen LogP contribution in [0.15, 0.2) is 58.4 Å². The van der Waals surface area contributed by atoms with Crippen molar-refractivity contribution in [2.75, 3.05) is 11.9 Å². The number of halogens is 4. The van der Waals surface area contributed by atoms with Gasteiger partial charge < -0.3 is 15.6 Å². The van der Waals surface area contributed by atoms with Gasteiger partial charge in [-0.15, -0.1) is 8.96 Å². The summed E-state index contributed by atoms with van der Waals surface area (Å²) in [5, 5.41) is 5.30. The molecule has 0 aliphatic carbocycles. The molecule has 1 aromatic carbocycles. The van der Waals surface area contributed by atoms with E-state index >= 15 is 0 Å². The average Bonchev–Trinajstić information content (AvgIpc) is 3.31. The summed E-state index contributed by atoms with van der Waals surface area (Å²) in [6, 6.07) is 6.51. The summed E-state index contributed by atoms with van der Waals surface area (Å²) >= 11 is 0. The topological polar surface area (TPSA) is 105 Å². The minimum absolute atomic E-state index is 0.00340. The van der Waals surface area contributed by atoms with Crippen LogP contribution >= 0.6 is 0 Å². The predicted octanol–water partition coefficient (Wildman–Crippen LogP) is 3.60. The van der Waals surface area contributed by atoms with Gasteiger partial charge in [0.05, 0.1) is 30.2 Å². The van der Waals surface area contributed by atoms with Gasteiger partial charge in [0.25, 0.3) is 0 Å². The van der Waals surface area contributed by atoms with Gasteiger partial charge in [-0.1, -0.05) is 23.4 Å². The molecular formula is C20H19F4N7O. The van der Waals surface area contributed by atoms with E-state index in [1.807, 2.05) is 0 Å². The van der Waals surface area contributed by atoms with E-state index in [0.717, 1.165) is 6.20 Å². The molecule has 3 N–H and O–H groups in total. The second kappa shape index (κ2) is 10.5. The predicted molar refractivity (Wildman–Crippen MR) is 109 cm³/mol. The van der Waals surface area contributed by atoms with Crippen LogP contribution in [0.4, 0.5) is 23.6 Å². The Kier molecular flexibility index (Phi) is 7.49. The third kappa shape index (κ3) is 5.88. The van der Waals surface area contributed by atoms with E-state index in [0.29, 0.717) is 11.3 Å². The van der Waals surface area contributed by atoms with Gasteiger partial charge in [0.1, 0.15) is 17.8 Å². The molecule has 1 atom stereocenters. The zero-order valence-electron chi connectivity index (χ0n) is 16.8. The lowest BCUT2D eigenvalue weighted by molar-refractivity contribution is -0.178. The summed E-state index contributed by atoms with van der Waals surface area (Å²) < 4.78 is 57.8. The maximum Gasteiger partial charge on any atom is 0.183 e. The minimum Gasteiger partial charge on any atom is -0.396 e. The molecule has 32 heavy (non-hydrogen) atoms. The molecule has 0 saturated carbocycles. The number of nitrogens with zero attached hydrogens (tertiary/aromatic N) is 5. The van der Waals surface area contributed by atoms with E-state index in [1.165, 1.54) is 31.4 Å². The van der Waals surface area contributed by atoms with Gasteiger partial charge in [0.2, 0.25) is 0 Å². The van der Waals surface area contributed by atoms with E-state index in [9.17, 15) is 17.7 Å². The summed E-state index contributed by atoms with van der Waals surface area (Å²) in [7, 11) is 0. The van der Waals surface area contributed by atoms with Crippen molar-refractivity contribution < 1.29 is 22.3 Å². The second-order valence-corrected chi connectivity index (χ2v) is 6.66. The van der Waals surface area contributed by atoms with Gasteiger partial charge in [-0.25, -0.2) is 18.7 Å². The first kappa shape index (κ1) is 22.9. The summed E-state index contributed by atoms with van der Waals surface area (Å²) in [4.78, 5) is 12.1. The molecule has 12 heteroatoms. The van der Waals surface area contributed by atoms with Crippen LogP contribution in [0.25, 0.3) is 5.70 Å². The lowest BCUT2D eigenvalue weighted by Crippen LogP contribution is -2.27. The summed E-state index contributed by atoms with van der Waals surface area (Å²) in [5.74, 6) is -1.60. The fourth-order valence-electron chi connectivity index (χ4n) is 2.50. The molecule has 0 spiro atoms. The molecule has 2 aromatic heterocycles. The van der Waals surface area contributed by atoms with Crippen molar-refractivity contribution in [1.29, 1.82) is 0 Å². The molecule has 3 aromatic rings. The first-order chi connectivity index (χ1) is 15.3. The highest BCUT2D eigenvalue weighted by molar-refractivity contribution is 6.10. The number of hydrogen-bond acceptors (Lipinski definition) is 8. The zero-order chi connectivity index (χ0) is 23.1. The quantitative estimate of drug-likeness (QED) is 0.292. The number of nitrogens with one attached hydrogen (secondary N) is 1. The Labute approximate surface area is 180 Å². The Morgan fingerprint density at radius 3 is 2.72 bits per heavy atom. The Balaban J connectivity index is 1.87. The SMILES string of the molecule is CC(CNc1nc(C(N)=CC(=NCc2ccccc2F)c2ccon2)ncc1F)N(F)F. The van der Waals surface area contributed by atoms with Crippen LogP contribution < -0.4 is 11.1 Å². The Morgan fingerprint density at radius 2 is 2.03 bits per heavy atom. The number of anilines is 1. The molecule has 2 heterocycles. The maximum atomic E-state index is 14.0. The molecular weight excluding hydrogens is 430 g/mol. The largest absolute Gasteiger partial charge is 0.396 e. The second-order valence-electron chi connectivity index (χ2n) is 6.66. The average molecular weight is 449 g/mol. The molecule has 1 unspecified atom stereocenters. The van der Waals surface area contributed by atoms with E-state index < -0.39 is 23.0 Å². The summed E-state index contributed by atoms with van der Waals surface area (Å²) in [6.07, 6.45) is 3.57. The molecule has 0 bridgehead atoms. The van der Waals surface area contributed by atoms with E-state index in [-0.39, 0.29) is 36.1 Å². The van der Waals surface area contributed by atoms with Gasteiger partial charge >= 0.3 is 0 Å². The third-order valence-corrected chi connectivity index (χ3v) is 4.27. The van der Waals surface area contributed by atoms with E-state index in [1.54, 1.807) is 18.2 Å². The van der Waals surface area contributed by atoms with Gasteiger partial charge in [-0.2, -0.15) is 0 Å². The first-order valence-electron chi connectivity index (χ1n) is 9.38. The van der Waals surface area contributed by atoms with Crippen molar-refractivity contribution >= 4 is 17.2 Å². The van der Waals surface area contributed by atoms with Gasteiger partial charge in [0.15, 0.2) is 17.5 Å². The maximum absolute atomic E-state index is 14.0. The van der Waals surface area contributed by atoms with Crippen molar-refractivity contribution in [1.82, 2.24) is 20.5 Å². The summed E-state index contributed by atoms with van der Waals surface area (Å²) in [6.45, 7) is 0.979. The number of allylic oxidation sites excluding steroid dienone is 1. The van der Waals surface area contributed by atoms with Crippen molar-refractivity contribution in [2.45, 2.75) is 19.5 Å². The van der Waals surface area contributed by atoms with E-state index in [2.05, 4.69) is 25.4 Å².